The van der Waals surface area contributed by atoms with Crippen LogP contribution in [0.5, 0.6) is 0 Å². The number of hydrogen-bond donors (Lipinski definition) is 0. The van der Waals surface area contributed by atoms with Gasteiger partial charge in [-0.05, 0) is 49.3 Å². The molecule has 2 aromatic rings. The third-order valence-corrected chi connectivity index (χ3v) is 5.90. The van der Waals surface area contributed by atoms with Gasteiger partial charge in [0.05, 0.1) is 11.9 Å². The maximum absolute atomic E-state index is 13.4. The second-order valence-corrected chi connectivity index (χ2v) is 8.11. The van der Waals surface area contributed by atoms with E-state index in [1.54, 1.807) is 0 Å². The lowest BCUT2D eigenvalue weighted by Gasteiger charge is -2.29. The van der Waals surface area contributed by atoms with Crippen LogP contribution in [0.1, 0.15) is 69.4 Å². The van der Waals surface area contributed by atoms with Gasteiger partial charge >= 0.3 is 0 Å². The van der Waals surface area contributed by atoms with Crippen LogP contribution < -0.4 is 0 Å². The molecule has 0 radical (unpaired) electrons. The van der Waals surface area contributed by atoms with Gasteiger partial charge in [0.25, 0.3) is 0 Å². The Balaban J connectivity index is 1.74. The quantitative estimate of drug-likeness (QED) is 0.187. The Hall–Kier alpha value is -2.43. The van der Waals surface area contributed by atoms with Crippen molar-refractivity contribution in [3.63, 3.8) is 0 Å². The molecule has 3 rings (SSSR count). The monoisotopic (exact) mass is 414 g/mol. The largest absolute Gasteiger partial charge is 0.204 e. The molecule has 0 atom stereocenters. The number of nitrogens with zero attached hydrogens (tertiary/aromatic N) is 2. The van der Waals surface area contributed by atoms with Crippen molar-refractivity contribution in [1.82, 2.24) is 0 Å². The summed E-state index contributed by atoms with van der Waals surface area (Å²) in [5, 5.41) is 8.53. The van der Waals surface area contributed by atoms with Gasteiger partial charge in [0.15, 0.2) is 17.5 Å². The number of rotatable bonds is 8. The van der Waals surface area contributed by atoms with Crippen molar-refractivity contribution in [3.05, 3.63) is 71.0 Å². The van der Waals surface area contributed by atoms with Crippen LogP contribution in [0.2, 0.25) is 0 Å². The molecule has 0 aromatic heterocycles. The van der Waals surface area contributed by atoms with E-state index >= 15 is 0 Å². The van der Waals surface area contributed by atoms with Gasteiger partial charge in [-0.3, -0.25) is 0 Å². The van der Waals surface area contributed by atoms with Crippen molar-refractivity contribution in [1.29, 1.82) is 0 Å². The molecule has 1 saturated carbocycles. The molecule has 0 unspecified atom stereocenters. The van der Waals surface area contributed by atoms with Gasteiger partial charge in [0.2, 0.25) is 0 Å². The summed E-state index contributed by atoms with van der Waals surface area (Å²) in [6.45, 7) is 2.23. The van der Waals surface area contributed by atoms with Crippen LogP contribution in [-0.2, 0) is 0 Å². The summed E-state index contributed by atoms with van der Waals surface area (Å²) in [7, 11) is 0. The van der Waals surface area contributed by atoms with Crippen LogP contribution in [0.3, 0.4) is 0 Å². The second kappa shape index (κ2) is 11.1. The molecule has 30 heavy (non-hydrogen) atoms. The smallest absolute Gasteiger partial charge is 0.194 e. The van der Waals surface area contributed by atoms with Crippen molar-refractivity contribution in [2.75, 3.05) is 0 Å². The van der Waals surface area contributed by atoms with E-state index in [2.05, 4.69) is 17.1 Å². The zero-order valence-electron chi connectivity index (χ0n) is 17.5. The maximum atomic E-state index is 13.4. The molecular weight excluding hydrogens is 385 g/mol. The fourth-order valence-corrected chi connectivity index (χ4v) is 4.20. The zero-order valence-corrected chi connectivity index (χ0v) is 17.5. The summed E-state index contributed by atoms with van der Waals surface area (Å²) in [6, 6.07) is 11.8. The van der Waals surface area contributed by atoms with Gasteiger partial charge in [-0.25, -0.2) is 13.2 Å². The van der Waals surface area contributed by atoms with E-state index in [9.17, 15) is 13.2 Å². The first-order valence-electron chi connectivity index (χ1n) is 10.9. The Bertz CT molecular complexity index is 846. The first-order chi connectivity index (χ1) is 14.6. The van der Waals surface area contributed by atoms with Gasteiger partial charge in [0.1, 0.15) is 0 Å². The average Bonchev–Trinajstić information content (AvgIpc) is 2.76. The Kier molecular flexibility index (Phi) is 8.23. The predicted octanol–water partition coefficient (Wildman–Crippen LogP) is 7.31. The zero-order chi connectivity index (χ0) is 21.3. The summed E-state index contributed by atoms with van der Waals surface area (Å²) >= 11 is 0. The summed E-state index contributed by atoms with van der Waals surface area (Å²) in [4.78, 5) is 0. The van der Waals surface area contributed by atoms with E-state index in [1.165, 1.54) is 44.7 Å². The average molecular weight is 415 g/mol. The molecule has 0 heterocycles. The van der Waals surface area contributed by atoms with Gasteiger partial charge in [-0.2, -0.15) is 10.2 Å². The first kappa shape index (κ1) is 22.3. The highest BCUT2D eigenvalue weighted by Gasteiger charge is 2.25. The predicted molar refractivity (Wildman–Crippen MR) is 116 cm³/mol. The highest BCUT2D eigenvalue weighted by atomic mass is 19.2. The molecular formula is C25H29F3N2. The minimum absolute atomic E-state index is 0.141. The molecule has 0 N–H and O–H groups in total. The van der Waals surface area contributed by atoms with E-state index in [1.807, 2.05) is 30.3 Å². The molecule has 0 amide bonds. The molecule has 0 bridgehead atoms. The van der Waals surface area contributed by atoms with E-state index in [0.717, 1.165) is 42.2 Å². The normalized spacial score (nSPS) is 20.1. The van der Waals surface area contributed by atoms with E-state index < -0.39 is 17.5 Å². The summed E-state index contributed by atoms with van der Waals surface area (Å²) in [5.41, 5.74) is 2.06. The molecule has 1 fully saturated rings. The lowest BCUT2D eigenvalue weighted by atomic mass is 9.76. The van der Waals surface area contributed by atoms with Crippen LogP contribution in [0, 0.1) is 29.3 Å². The molecule has 0 spiro atoms. The molecule has 0 saturated heterocycles. The Morgan fingerprint density at radius 2 is 1.63 bits per heavy atom. The van der Waals surface area contributed by atoms with Gasteiger partial charge in [0, 0.05) is 11.5 Å². The standard InChI is InChI=1S/C25H29F3N2/c1-2-3-5-8-18-11-13-21(14-12-18)25(20-9-6-4-7-10-20)30-29-17-19-15-22(26)24(28)23(27)16-19/h4,6-7,9-10,15-18,21H,2-3,5,8,11-14H2,1H3. The molecule has 1 aliphatic carbocycles. The fourth-order valence-electron chi connectivity index (χ4n) is 4.20. The Labute approximate surface area is 176 Å². The van der Waals surface area contributed by atoms with Crippen molar-refractivity contribution in [2.45, 2.75) is 58.3 Å². The number of halogens is 3. The van der Waals surface area contributed by atoms with Gasteiger partial charge in [-0.15, -0.1) is 0 Å². The molecule has 5 heteroatoms. The van der Waals surface area contributed by atoms with Crippen LogP contribution >= 0.6 is 0 Å². The van der Waals surface area contributed by atoms with Crippen molar-refractivity contribution in [2.24, 2.45) is 22.0 Å². The van der Waals surface area contributed by atoms with Gasteiger partial charge in [-0.1, -0.05) is 62.9 Å². The van der Waals surface area contributed by atoms with Gasteiger partial charge < -0.3 is 0 Å². The van der Waals surface area contributed by atoms with Crippen molar-refractivity contribution in [3.8, 4) is 0 Å². The number of benzene rings is 2. The Morgan fingerprint density at radius 3 is 2.27 bits per heavy atom. The van der Waals surface area contributed by atoms with Crippen LogP contribution in [0.4, 0.5) is 13.2 Å². The lowest BCUT2D eigenvalue weighted by Crippen LogP contribution is -2.22. The number of hydrogen-bond acceptors (Lipinski definition) is 2. The fraction of sp³-hybridized carbons (Fsp3) is 0.440. The molecule has 1 aliphatic rings. The van der Waals surface area contributed by atoms with E-state index in [-0.39, 0.29) is 5.56 Å². The minimum atomic E-state index is -1.48. The Morgan fingerprint density at radius 1 is 0.967 bits per heavy atom. The highest BCUT2D eigenvalue weighted by molar-refractivity contribution is 6.02. The first-order valence-corrected chi connectivity index (χ1v) is 10.9. The van der Waals surface area contributed by atoms with E-state index in [4.69, 9.17) is 0 Å². The molecule has 0 aliphatic heterocycles. The molecule has 2 aromatic carbocycles. The van der Waals surface area contributed by atoms with Crippen LogP contribution in [-0.4, -0.2) is 11.9 Å². The third-order valence-electron chi connectivity index (χ3n) is 5.90. The van der Waals surface area contributed by atoms with Crippen molar-refractivity contribution >= 4 is 11.9 Å². The highest BCUT2D eigenvalue weighted by Crippen LogP contribution is 2.34. The maximum Gasteiger partial charge on any atom is 0.194 e. The molecule has 2 nitrogen and oxygen atoms in total. The lowest BCUT2D eigenvalue weighted by molar-refractivity contribution is 0.299. The van der Waals surface area contributed by atoms with E-state index in [0.29, 0.717) is 5.92 Å². The minimum Gasteiger partial charge on any atom is -0.204 e. The summed E-state index contributed by atoms with van der Waals surface area (Å²) < 4.78 is 40.0. The second-order valence-electron chi connectivity index (χ2n) is 8.11. The topological polar surface area (TPSA) is 24.7 Å². The van der Waals surface area contributed by atoms with Crippen LogP contribution in [0.15, 0.2) is 52.7 Å². The van der Waals surface area contributed by atoms with Crippen LogP contribution in [0.25, 0.3) is 0 Å². The van der Waals surface area contributed by atoms with Crippen molar-refractivity contribution < 1.29 is 13.2 Å². The SMILES string of the molecule is CCCCCC1CCC(C(=NN=Cc2cc(F)c(F)c(F)c2)c2ccccc2)CC1. The number of unbranched alkanes of at least 4 members (excludes halogenated alkanes) is 2. The third kappa shape index (κ3) is 6.04. The molecule has 160 valence electrons. The summed E-state index contributed by atoms with van der Waals surface area (Å²) in [6.07, 6.45) is 11.0. The summed E-state index contributed by atoms with van der Waals surface area (Å²) in [5.74, 6) is -2.83.